The highest BCUT2D eigenvalue weighted by Crippen LogP contribution is 2.57. The first kappa shape index (κ1) is 33.8. The number of thiazole rings is 1. The van der Waals surface area contributed by atoms with Gasteiger partial charge in [0.25, 0.3) is 5.19 Å². The van der Waals surface area contributed by atoms with Gasteiger partial charge in [0.05, 0.1) is 33.5 Å². The highest BCUT2D eigenvalue weighted by atomic mass is 32.2. The van der Waals surface area contributed by atoms with E-state index in [4.69, 9.17) is 4.74 Å². The summed E-state index contributed by atoms with van der Waals surface area (Å²) in [5.41, 5.74) is 1.44. The Bertz CT molecular complexity index is 1910. The van der Waals surface area contributed by atoms with Gasteiger partial charge in [0.1, 0.15) is 11.9 Å². The van der Waals surface area contributed by atoms with Gasteiger partial charge in [0.2, 0.25) is 21.8 Å². The van der Waals surface area contributed by atoms with Crippen LogP contribution in [0.3, 0.4) is 0 Å². The van der Waals surface area contributed by atoms with Gasteiger partial charge in [0.15, 0.2) is 5.78 Å². The van der Waals surface area contributed by atoms with Crippen LogP contribution in [0.2, 0.25) is 0 Å². The number of carbonyl (C=O) groups is 3. The zero-order valence-corrected chi connectivity index (χ0v) is 29.2. The number of aryl methyl sites for hydroxylation is 1. The van der Waals surface area contributed by atoms with Gasteiger partial charge in [0, 0.05) is 18.8 Å². The Morgan fingerprint density at radius 3 is 2.76 bits per heavy atom. The lowest BCUT2D eigenvalue weighted by molar-refractivity contribution is -0.142. The monoisotopic (exact) mass is 707 g/mol. The number of amides is 2. The molecule has 0 spiro atoms. The van der Waals surface area contributed by atoms with Gasteiger partial charge in [-0.2, -0.15) is 0 Å². The number of fused-ring (bicyclic) bond motifs is 3. The molecule has 3 heterocycles. The fourth-order valence-corrected chi connectivity index (χ4v) is 9.84. The summed E-state index contributed by atoms with van der Waals surface area (Å²) in [7, 11) is -3.81. The molecule has 2 aromatic carbocycles. The Kier molecular flexibility index (Phi) is 9.38. The first-order valence-corrected chi connectivity index (χ1v) is 19.7. The van der Waals surface area contributed by atoms with Crippen LogP contribution in [-0.4, -0.2) is 59.8 Å². The van der Waals surface area contributed by atoms with Crippen molar-refractivity contribution in [2.75, 3.05) is 6.54 Å². The van der Waals surface area contributed by atoms with Crippen molar-refractivity contribution in [1.82, 2.24) is 14.6 Å². The molecule has 7 rings (SSSR count). The molecular formula is C37H42FN3O6S2. The van der Waals surface area contributed by atoms with Crippen LogP contribution < -0.4 is 9.46 Å². The van der Waals surface area contributed by atoms with Crippen LogP contribution in [0.1, 0.15) is 75.3 Å². The number of Topliss-reactive ketones (excluding diaryl/α,β-unsaturated/α-hetero) is 1. The number of carbonyl (C=O) groups excluding carboxylic acids is 3. The topological polar surface area (TPSA) is 123 Å². The maximum atomic E-state index is 14.5. The molecule has 12 heteroatoms. The molecule has 49 heavy (non-hydrogen) atoms. The van der Waals surface area contributed by atoms with Crippen molar-refractivity contribution in [2.24, 2.45) is 17.3 Å². The second-order valence-electron chi connectivity index (χ2n) is 14.3. The molecule has 1 N–H and O–H groups in total. The summed E-state index contributed by atoms with van der Waals surface area (Å²) in [6.45, 7) is 2.18. The van der Waals surface area contributed by atoms with Crippen molar-refractivity contribution in [1.29, 1.82) is 0 Å². The minimum atomic E-state index is -3.81. The van der Waals surface area contributed by atoms with Crippen LogP contribution in [-0.2, 0) is 30.8 Å². The predicted octanol–water partition coefficient (Wildman–Crippen LogP) is 6.05. The highest BCUT2D eigenvalue weighted by molar-refractivity contribution is 7.90. The zero-order valence-electron chi connectivity index (χ0n) is 27.6. The van der Waals surface area contributed by atoms with Crippen molar-refractivity contribution in [2.45, 2.75) is 94.9 Å². The molecule has 9 nitrogen and oxygen atoms in total. The molecule has 0 unspecified atom stereocenters. The average Bonchev–Trinajstić information content (AvgIpc) is 3.95. The van der Waals surface area contributed by atoms with Gasteiger partial charge in [-0.15, -0.1) is 0 Å². The molecule has 2 aliphatic heterocycles. The smallest absolute Gasteiger partial charge is 0.274 e. The number of benzene rings is 2. The third kappa shape index (κ3) is 7.45. The van der Waals surface area contributed by atoms with Gasteiger partial charge < -0.3 is 9.64 Å². The minimum Gasteiger partial charge on any atom is -0.465 e. The van der Waals surface area contributed by atoms with Crippen molar-refractivity contribution in [3.05, 3.63) is 71.6 Å². The van der Waals surface area contributed by atoms with Gasteiger partial charge >= 0.3 is 0 Å². The van der Waals surface area contributed by atoms with Gasteiger partial charge in [-0.25, -0.2) is 17.8 Å². The Labute approximate surface area is 290 Å². The predicted molar refractivity (Wildman–Crippen MR) is 185 cm³/mol. The van der Waals surface area contributed by atoms with E-state index >= 15 is 0 Å². The fraction of sp³-hybridized carbons (Fsp3) is 0.514. The Balaban J connectivity index is 1.18. The lowest BCUT2D eigenvalue weighted by Crippen LogP contribution is -2.46. The zero-order chi connectivity index (χ0) is 34.3. The molecule has 0 bridgehead atoms. The first-order chi connectivity index (χ1) is 23.5. The normalized spacial score (nSPS) is 28.7. The molecule has 1 saturated heterocycles. The van der Waals surface area contributed by atoms with Crippen LogP contribution >= 0.6 is 11.3 Å². The minimum absolute atomic E-state index is 0.169. The van der Waals surface area contributed by atoms with E-state index in [1.807, 2.05) is 43.3 Å². The van der Waals surface area contributed by atoms with Gasteiger partial charge in [-0.1, -0.05) is 54.5 Å². The Hall–Kier alpha value is -3.64. The fourth-order valence-electron chi connectivity index (χ4n) is 7.47. The number of nitrogens with one attached hydrogen (secondary N) is 1. The molecule has 1 aromatic heterocycles. The maximum absolute atomic E-state index is 14.5. The number of hydrogen-bond donors (Lipinski definition) is 1. The van der Waals surface area contributed by atoms with E-state index in [0.717, 1.165) is 41.5 Å². The number of allylic oxidation sites excluding steroid dienone is 2. The Morgan fingerprint density at radius 2 is 1.96 bits per heavy atom. The standard InChI is InChI=1S/C37H42FN3O6S2/c1-23-12-15-30-33(16-23)48-36(39-30)47-28-19-31-32(42)21-37(35(44)40-49(45,46)29-13-14-29)20-26(37)10-6-4-2-3-5-9-25(34(43)41(31)22-28)17-24-8-7-11-27(38)18-24/h6-8,10-12,15-16,18,25-26,28-29,31H,2-5,9,13-14,17,19-22H2,1H3,(H,40,44)/b10-6-/t25-,26-,28-,31+,37-/m1/s1. The van der Waals surface area contributed by atoms with E-state index < -0.39 is 44.7 Å². The SMILES string of the molecule is Cc1ccc2nc(O[C@@H]3C[C@H]4C(=O)C[C@]5(C(=O)NS(=O)(=O)C6CC6)C[C@H]5/C=C\CCCCC[C@H](Cc5cccc(F)c5)C(=O)N4C3)sc2c1. The molecule has 2 amide bonds. The Morgan fingerprint density at radius 1 is 1.12 bits per heavy atom. The quantitative estimate of drug-likeness (QED) is 0.297. The molecule has 3 fully saturated rings. The summed E-state index contributed by atoms with van der Waals surface area (Å²) in [4.78, 5) is 48.8. The van der Waals surface area contributed by atoms with Crippen LogP contribution in [0.4, 0.5) is 4.39 Å². The highest BCUT2D eigenvalue weighted by Gasteiger charge is 2.61. The lowest BCUT2D eigenvalue weighted by atomic mass is 9.90. The molecule has 260 valence electrons. The first-order valence-electron chi connectivity index (χ1n) is 17.3. The summed E-state index contributed by atoms with van der Waals surface area (Å²) in [5, 5.41) is -0.112. The van der Waals surface area contributed by atoms with Crippen molar-refractivity contribution in [3.63, 3.8) is 0 Å². The molecule has 0 radical (unpaired) electrons. The van der Waals surface area contributed by atoms with E-state index in [1.165, 1.54) is 23.5 Å². The largest absolute Gasteiger partial charge is 0.465 e. The molecule has 2 saturated carbocycles. The molecule has 2 aliphatic carbocycles. The third-order valence-corrected chi connectivity index (χ3v) is 13.2. The van der Waals surface area contributed by atoms with Crippen LogP contribution in [0.25, 0.3) is 10.2 Å². The van der Waals surface area contributed by atoms with Crippen LogP contribution in [0.15, 0.2) is 54.6 Å². The van der Waals surface area contributed by atoms with Gasteiger partial charge in [-0.05, 0) is 93.2 Å². The number of rotatable bonds is 7. The molecule has 5 atom stereocenters. The molecule has 4 aliphatic rings. The van der Waals surface area contributed by atoms with E-state index in [2.05, 4.69) is 9.71 Å². The lowest BCUT2D eigenvalue weighted by Gasteiger charge is -2.29. The summed E-state index contributed by atoms with van der Waals surface area (Å²) >= 11 is 1.41. The average molecular weight is 708 g/mol. The van der Waals surface area contributed by atoms with E-state index in [-0.39, 0.29) is 42.8 Å². The second-order valence-corrected chi connectivity index (χ2v) is 17.3. The number of nitrogens with zero attached hydrogens (tertiary/aromatic N) is 2. The van der Waals surface area contributed by atoms with E-state index in [0.29, 0.717) is 42.9 Å². The van der Waals surface area contributed by atoms with E-state index in [1.54, 1.807) is 11.0 Å². The number of ether oxygens (including phenoxy) is 1. The van der Waals surface area contributed by atoms with Crippen LogP contribution in [0.5, 0.6) is 5.19 Å². The molecular weight excluding hydrogens is 666 g/mol. The number of sulfonamides is 1. The van der Waals surface area contributed by atoms with Crippen molar-refractivity contribution in [3.8, 4) is 5.19 Å². The van der Waals surface area contributed by atoms with Crippen molar-refractivity contribution < 1.29 is 31.9 Å². The van der Waals surface area contributed by atoms with Crippen molar-refractivity contribution >= 4 is 49.2 Å². The summed E-state index contributed by atoms with van der Waals surface area (Å²) in [5.74, 6) is -2.22. The van der Waals surface area contributed by atoms with Crippen LogP contribution in [0, 0.1) is 30.0 Å². The second kappa shape index (κ2) is 13.6. The molecule has 3 aromatic rings. The maximum Gasteiger partial charge on any atom is 0.274 e. The summed E-state index contributed by atoms with van der Waals surface area (Å²) < 4.78 is 49.4. The summed E-state index contributed by atoms with van der Waals surface area (Å²) in [6.07, 6.45) is 9.22. The third-order valence-electron chi connectivity index (χ3n) is 10.5. The summed E-state index contributed by atoms with van der Waals surface area (Å²) in [6, 6.07) is 11.4. The number of halogens is 1. The number of aromatic nitrogens is 1. The van der Waals surface area contributed by atoms with Gasteiger partial charge in [-0.3, -0.25) is 19.1 Å². The van der Waals surface area contributed by atoms with E-state index in [9.17, 15) is 27.2 Å². The number of hydrogen-bond acceptors (Lipinski definition) is 8. The number of ketones is 1.